The molecule has 0 heterocycles. The molecule has 0 aromatic rings. The number of hydrogen-bond donors (Lipinski definition) is 0. The third-order valence-corrected chi connectivity index (χ3v) is 2.29. The molecule has 0 amide bonds. The zero-order chi connectivity index (χ0) is 18.4. The van der Waals surface area contributed by atoms with E-state index in [1.54, 1.807) is 0 Å². The van der Waals surface area contributed by atoms with E-state index in [1.807, 2.05) is 0 Å². The van der Waals surface area contributed by atoms with Gasteiger partial charge in [-0.25, -0.2) is 8.78 Å². The third kappa shape index (κ3) is 3.38. The summed E-state index contributed by atoms with van der Waals surface area (Å²) < 4.78 is 154. The summed E-state index contributed by atoms with van der Waals surface area (Å²) in [5, 5.41) is 0. The quantitative estimate of drug-likeness (QED) is 0.654. The van der Waals surface area contributed by atoms with Crippen LogP contribution in [0.4, 0.5) is 52.7 Å². The molecule has 22 heavy (non-hydrogen) atoms. The van der Waals surface area contributed by atoms with Crippen LogP contribution in [0.15, 0.2) is 0 Å². The summed E-state index contributed by atoms with van der Waals surface area (Å²) in [7, 11) is 0. The van der Waals surface area contributed by atoms with E-state index in [9.17, 15) is 52.7 Å². The largest absolute Gasteiger partial charge is 0.451 e. The first-order valence-corrected chi connectivity index (χ1v) is 5.22. The molecule has 0 aromatic carbocycles. The standard InChI is InChI=1S/C9H8F12O/c1-3(2)22-6(12,9(19,20)21)4(10)5(11,7(13,14)15)8(16,17)18/h3-4H,1-2H3. The topological polar surface area (TPSA) is 9.23 Å². The zero-order valence-electron chi connectivity index (χ0n) is 10.6. The molecule has 0 fully saturated rings. The summed E-state index contributed by atoms with van der Waals surface area (Å²) in [4.78, 5) is 0. The summed E-state index contributed by atoms with van der Waals surface area (Å²) in [5.41, 5.74) is -7.13. The summed E-state index contributed by atoms with van der Waals surface area (Å²) in [6, 6.07) is 0. The van der Waals surface area contributed by atoms with Gasteiger partial charge in [0, 0.05) is 0 Å². The molecule has 2 atom stereocenters. The lowest BCUT2D eigenvalue weighted by atomic mass is 9.92. The van der Waals surface area contributed by atoms with Crippen molar-refractivity contribution in [3.63, 3.8) is 0 Å². The summed E-state index contributed by atoms with van der Waals surface area (Å²) in [6.45, 7) is 1.13. The van der Waals surface area contributed by atoms with Crippen molar-refractivity contribution in [1.82, 2.24) is 0 Å². The highest BCUT2D eigenvalue weighted by molar-refractivity contribution is 5.08. The maximum Gasteiger partial charge on any atom is 0.451 e. The van der Waals surface area contributed by atoms with Gasteiger partial charge in [-0.05, 0) is 13.8 Å². The highest BCUT2D eigenvalue weighted by atomic mass is 19.4. The summed E-state index contributed by atoms with van der Waals surface area (Å²) in [6.07, 6.45) is -28.9. The second-order valence-electron chi connectivity index (χ2n) is 4.38. The fourth-order valence-electron chi connectivity index (χ4n) is 1.32. The Morgan fingerprint density at radius 1 is 0.636 bits per heavy atom. The van der Waals surface area contributed by atoms with Gasteiger partial charge in [0.05, 0.1) is 6.10 Å². The van der Waals surface area contributed by atoms with Crippen LogP contribution in [-0.2, 0) is 4.74 Å². The van der Waals surface area contributed by atoms with Crippen LogP contribution in [0, 0.1) is 0 Å². The number of alkyl halides is 12. The fraction of sp³-hybridized carbons (Fsp3) is 1.00. The molecule has 2 unspecified atom stereocenters. The average molecular weight is 360 g/mol. The molecule has 0 radical (unpaired) electrons. The van der Waals surface area contributed by atoms with Crippen LogP contribution in [0.3, 0.4) is 0 Å². The van der Waals surface area contributed by atoms with Gasteiger partial charge in [0.25, 0.3) is 0 Å². The molecule has 0 bridgehead atoms. The predicted octanol–water partition coefficient (Wildman–Crippen LogP) is 4.81. The second kappa shape index (κ2) is 5.64. The molecule has 0 aliphatic carbocycles. The van der Waals surface area contributed by atoms with Crippen molar-refractivity contribution in [2.24, 2.45) is 0 Å². The Balaban J connectivity index is 6.26. The van der Waals surface area contributed by atoms with E-state index < -0.39 is 42.3 Å². The molecule has 0 aromatic heterocycles. The second-order valence-corrected chi connectivity index (χ2v) is 4.38. The van der Waals surface area contributed by atoms with Crippen molar-refractivity contribution in [3.05, 3.63) is 0 Å². The average Bonchev–Trinajstić information content (AvgIpc) is 2.20. The van der Waals surface area contributed by atoms with Crippen molar-refractivity contribution < 1.29 is 57.4 Å². The van der Waals surface area contributed by atoms with Crippen LogP contribution < -0.4 is 0 Å². The Morgan fingerprint density at radius 3 is 1.14 bits per heavy atom. The van der Waals surface area contributed by atoms with Crippen molar-refractivity contribution in [3.8, 4) is 0 Å². The predicted molar refractivity (Wildman–Crippen MR) is 47.0 cm³/mol. The lowest BCUT2D eigenvalue weighted by Gasteiger charge is -2.40. The van der Waals surface area contributed by atoms with Crippen LogP contribution in [0.1, 0.15) is 13.8 Å². The Kier molecular flexibility index (Phi) is 5.41. The van der Waals surface area contributed by atoms with Crippen LogP contribution in [0.5, 0.6) is 0 Å². The first-order chi connectivity index (χ1) is 9.32. The van der Waals surface area contributed by atoms with Gasteiger partial charge in [-0.2, -0.15) is 43.9 Å². The van der Waals surface area contributed by atoms with E-state index in [0.717, 1.165) is 0 Å². The molecule has 13 heteroatoms. The van der Waals surface area contributed by atoms with Gasteiger partial charge in [0.1, 0.15) is 0 Å². The Morgan fingerprint density at radius 2 is 0.955 bits per heavy atom. The zero-order valence-corrected chi connectivity index (χ0v) is 10.6. The van der Waals surface area contributed by atoms with Gasteiger partial charge >= 0.3 is 30.1 Å². The van der Waals surface area contributed by atoms with Gasteiger partial charge in [-0.15, -0.1) is 0 Å². The van der Waals surface area contributed by atoms with Crippen LogP contribution in [-0.4, -0.2) is 42.3 Å². The molecule has 0 spiro atoms. The normalized spacial score (nSPS) is 19.2. The molecule has 0 aliphatic rings. The fourth-order valence-corrected chi connectivity index (χ4v) is 1.32. The Labute approximate surface area is 115 Å². The van der Waals surface area contributed by atoms with Crippen molar-refractivity contribution in [2.45, 2.75) is 56.2 Å². The first kappa shape index (κ1) is 21.1. The highest BCUT2D eigenvalue weighted by Gasteiger charge is 2.84. The van der Waals surface area contributed by atoms with Crippen LogP contribution in [0.25, 0.3) is 0 Å². The number of ether oxygens (including phenoxy) is 1. The number of halogens is 12. The number of hydrogen-bond acceptors (Lipinski definition) is 1. The van der Waals surface area contributed by atoms with Crippen LogP contribution in [0.2, 0.25) is 0 Å². The molecular weight excluding hydrogens is 352 g/mol. The van der Waals surface area contributed by atoms with Crippen molar-refractivity contribution in [1.29, 1.82) is 0 Å². The summed E-state index contributed by atoms with van der Waals surface area (Å²) >= 11 is 0. The molecule has 0 rings (SSSR count). The van der Waals surface area contributed by atoms with Crippen molar-refractivity contribution >= 4 is 0 Å². The van der Waals surface area contributed by atoms with Gasteiger partial charge in [0.2, 0.25) is 6.17 Å². The van der Waals surface area contributed by atoms with Gasteiger partial charge in [-0.1, -0.05) is 0 Å². The minimum atomic E-state index is -7.21. The van der Waals surface area contributed by atoms with E-state index in [-0.39, 0.29) is 0 Å². The SMILES string of the molecule is CC(C)OC(F)(C(F)C(F)(C(F)(F)F)C(F)(F)F)C(F)(F)F. The van der Waals surface area contributed by atoms with E-state index in [1.165, 1.54) is 0 Å². The molecule has 0 saturated heterocycles. The maximum atomic E-state index is 13.5. The minimum absolute atomic E-state index is 0.563. The molecule has 0 N–H and O–H groups in total. The van der Waals surface area contributed by atoms with Gasteiger partial charge in [0.15, 0.2) is 0 Å². The van der Waals surface area contributed by atoms with Crippen LogP contribution >= 0.6 is 0 Å². The monoisotopic (exact) mass is 360 g/mol. The third-order valence-electron chi connectivity index (χ3n) is 2.29. The summed E-state index contributed by atoms with van der Waals surface area (Å²) in [5.74, 6) is -6.17. The lowest BCUT2D eigenvalue weighted by Crippen LogP contribution is -2.69. The van der Waals surface area contributed by atoms with Gasteiger partial charge in [-0.3, -0.25) is 0 Å². The highest BCUT2D eigenvalue weighted by Crippen LogP contribution is 2.55. The van der Waals surface area contributed by atoms with Gasteiger partial charge < -0.3 is 4.74 Å². The van der Waals surface area contributed by atoms with Crippen molar-refractivity contribution in [2.75, 3.05) is 0 Å². The Bertz CT molecular complexity index is 366. The Hall–Kier alpha value is -0.880. The first-order valence-electron chi connectivity index (χ1n) is 5.22. The molecular formula is C9H8F12O. The van der Waals surface area contributed by atoms with E-state index in [4.69, 9.17) is 0 Å². The minimum Gasteiger partial charge on any atom is -0.334 e. The smallest absolute Gasteiger partial charge is 0.334 e. The van der Waals surface area contributed by atoms with E-state index in [0.29, 0.717) is 13.8 Å². The van der Waals surface area contributed by atoms with E-state index in [2.05, 4.69) is 4.74 Å². The lowest BCUT2D eigenvalue weighted by molar-refractivity contribution is -0.423. The molecule has 1 nitrogen and oxygen atoms in total. The number of rotatable bonds is 4. The molecule has 0 aliphatic heterocycles. The maximum absolute atomic E-state index is 13.5. The van der Waals surface area contributed by atoms with E-state index >= 15 is 0 Å². The molecule has 0 saturated carbocycles. The molecule has 134 valence electrons.